The number of rotatable bonds is 1. The van der Waals surface area contributed by atoms with E-state index >= 15 is 0 Å². The first-order valence-corrected chi connectivity index (χ1v) is 3.64. The third kappa shape index (κ3) is 2.02. The van der Waals surface area contributed by atoms with Gasteiger partial charge in [-0.2, -0.15) is 4.99 Å². The van der Waals surface area contributed by atoms with E-state index in [1.54, 1.807) is 5.16 Å². The van der Waals surface area contributed by atoms with Crippen LogP contribution in [0, 0.1) is 11.6 Å². The maximum Gasteiger partial charge on any atom is 0.291 e. The van der Waals surface area contributed by atoms with Crippen LogP contribution in [-0.4, -0.2) is 11.1 Å². The molecule has 0 N–H and O–H groups in total. The average Bonchev–Trinajstić information content (AvgIpc) is 2.04. The van der Waals surface area contributed by atoms with E-state index in [4.69, 9.17) is 0 Å². The fraction of sp³-hybridized carbons (Fsp3) is 0. The highest BCUT2D eigenvalue weighted by atomic mass is 32.1. The number of carbonyl (C=O) groups excluding carboxylic acids is 1. The van der Waals surface area contributed by atoms with Crippen molar-refractivity contribution in [2.24, 2.45) is 4.99 Å². The molecule has 0 aromatic heterocycles. The van der Waals surface area contributed by atoms with Crippen LogP contribution in [0.3, 0.4) is 0 Å². The number of halogens is 2. The third-order valence-electron chi connectivity index (χ3n) is 1.32. The molecule has 13 heavy (non-hydrogen) atoms. The number of aliphatic imine (C=N–C) groups is 1. The van der Waals surface area contributed by atoms with Crippen molar-refractivity contribution in [2.45, 2.75) is 0 Å². The van der Waals surface area contributed by atoms with Crippen molar-refractivity contribution >= 4 is 23.3 Å². The van der Waals surface area contributed by atoms with Crippen molar-refractivity contribution in [3.05, 3.63) is 35.4 Å². The second-order valence-electron chi connectivity index (χ2n) is 2.10. The second-order valence-corrected chi connectivity index (χ2v) is 2.29. The SMILES string of the molecule is O=C(N=C=S)c1c(F)cccc1F. The van der Waals surface area contributed by atoms with E-state index in [9.17, 15) is 13.6 Å². The first-order chi connectivity index (χ1) is 6.16. The van der Waals surface area contributed by atoms with Crippen molar-refractivity contribution in [1.29, 1.82) is 0 Å². The van der Waals surface area contributed by atoms with Crippen LogP contribution in [0.15, 0.2) is 23.2 Å². The Bertz CT molecular complexity index is 379. The van der Waals surface area contributed by atoms with Gasteiger partial charge in [0.05, 0.1) is 5.16 Å². The minimum absolute atomic E-state index is 0.708. The Morgan fingerprint density at radius 2 is 1.92 bits per heavy atom. The van der Waals surface area contributed by atoms with Crippen LogP contribution < -0.4 is 0 Å². The molecule has 1 aromatic rings. The predicted octanol–water partition coefficient (Wildman–Crippen LogP) is 2.21. The van der Waals surface area contributed by atoms with Crippen molar-refractivity contribution in [2.75, 3.05) is 0 Å². The molecule has 5 heteroatoms. The Morgan fingerprint density at radius 3 is 2.38 bits per heavy atom. The maximum atomic E-state index is 12.8. The lowest BCUT2D eigenvalue weighted by molar-refractivity contribution is 0.0996. The van der Waals surface area contributed by atoms with Crippen LogP contribution in [0.1, 0.15) is 10.4 Å². The molecule has 0 radical (unpaired) electrons. The summed E-state index contributed by atoms with van der Waals surface area (Å²) in [5.74, 6) is -2.98. The van der Waals surface area contributed by atoms with Crippen LogP contribution in [0.5, 0.6) is 0 Å². The van der Waals surface area contributed by atoms with Gasteiger partial charge >= 0.3 is 0 Å². The average molecular weight is 199 g/mol. The quantitative estimate of drug-likeness (QED) is 0.512. The number of hydrogen-bond donors (Lipinski definition) is 0. The highest BCUT2D eigenvalue weighted by molar-refractivity contribution is 7.78. The molecule has 0 aliphatic heterocycles. The fourth-order valence-corrected chi connectivity index (χ4v) is 0.882. The summed E-state index contributed by atoms with van der Waals surface area (Å²) < 4.78 is 25.7. The molecule has 2 nitrogen and oxygen atoms in total. The van der Waals surface area contributed by atoms with E-state index in [-0.39, 0.29) is 0 Å². The summed E-state index contributed by atoms with van der Waals surface area (Å²) in [6.45, 7) is 0. The monoisotopic (exact) mass is 199 g/mol. The van der Waals surface area contributed by atoms with Gasteiger partial charge in [0.25, 0.3) is 5.91 Å². The lowest BCUT2D eigenvalue weighted by atomic mass is 10.2. The van der Waals surface area contributed by atoms with Gasteiger partial charge in [-0.05, 0) is 24.4 Å². The molecule has 0 saturated heterocycles. The van der Waals surface area contributed by atoms with Gasteiger partial charge in [0, 0.05) is 0 Å². The zero-order valence-electron chi connectivity index (χ0n) is 6.25. The van der Waals surface area contributed by atoms with Crippen LogP contribution in [0.4, 0.5) is 8.78 Å². The number of hydrogen-bond acceptors (Lipinski definition) is 2. The number of amides is 1. The predicted molar refractivity (Wildman–Crippen MR) is 45.7 cm³/mol. The Kier molecular flexibility index (Phi) is 2.95. The fourth-order valence-electron chi connectivity index (χ4n) is 0.799. The molecule has 0 heterocycles. The molecular weight excluding hydrogens is 196 g/mol. The molecule has 66 valence electrons. The Labute approximate surface area is 77.9 Å². The summed E-state index contributed by atoms with van der Waals surface area (Å²) in [5.41, 5.74) is -0.708. The van der Waals surface area contributed by atoms with E-state index in [1.807, 2.05) is 0 Å². The standard InChI is InChI=1S/C8H3F2NOS/c9-5-2-1-3-6(10)7(5)8(12)11-4-13/h1-3H. The summed E-state index contributed by atoms with van der Waals surface area (Å²) in [4.78, 5) is 13.9. The molecule has 0 saturated carbocycles. The lowest BCUT2D eigenvalue weighted by Crippen LogP contribution is -2.02. The normalized spacial score (nSPS) is 9.08. The molecule has 0 spiro atoms. The highest BCUT2D eigenvalue weighted by Gasteiger charge is 2.15. The third-order valence-corrected chi connectivity index (χ3v) is 1.42. The molecule has 0 aliphatic carbocycles. The topological polar surface area (TPSA) is 29.4 Å². The minimum Gasteiger partial charge on any atom is -0.266 e. The number of benzene rings is 1. The smallest absolute Gasteiger partial charge is 0.266 e. The van der Waals surface area contributed by atoms with Crippen LogP contribution in [-0.2, 0) is 0 Å². The number of carbonyl (C=O) groups is 1. The first-order valence-electron chi connectivity index (χ1n) is 3.23. The summed E-state index contributed by atoms with van der Waals surface area (Å²) in [6, 6.07) is 3.09. The van der Waals surface area contributed by atoms with Gasteiger partial charge in [-0.25, -0.2) is 8.78 Å². The van der Waals surface area contributed by atoms with Crippen molar-refractivity contribution < 1.29 is 13.6 Å². The van der Waals surface area contributed by atoms with Gasteiger partial charge in [-0.1, -0.05) is 6.07 Å². The summed E-state index contributed by atoms with van der Waals surface area (Å²) >= 11 is 4.13. The number of thiocarbonyl (C=S) groups is 1. The maximum absolute atomic E-state index is 12.8. The van der Waals surface area contributed by atoms with E-state index in [0.717, 1.165) is 18.2 Å². The van der Waals surface area contributed by atoms with Gasteiger partial charge in [0.15, 0.2) is 0 Å². The lowest BCUT2D eigenvalue weighted by Gasteiger charge is -1.97. The van der Waals surface area contributed by atoms with Crippen LogP contribution in [0.2, 0.25) is 0 Å². The molecule has 1 amide bonds. The van der Waals surface area contributed by atoms with Crippen molar-refractivity contribution in [1.82, 2.24) is 0 Å². The molecule has 0 unspecified atom stereocenters. The van der Waals surface area contributed by atoms with Gasteiger partial charge < -0.3 is 0 Å². The summed E-state index contributed by atoms with van der Waals surface area (Å²) in [6.07, 6.45) is 0. The van der Waals surface area contributed by atoms with E-state index in [2.05, 4.69) is 17.2 Å². The van der Waals surface area contributed by atoms with Gasteiger partial charge in [0.1, 0.15) is 17.2 Å². The largest absolute Gasteiger partial charge is 0.291 e. The Balaban J connectivity index is 3.27. The van der Waals surface area contributed by atoms with E-state index in [1.165, 1.54) is 0 Å². The molecular formula is C8H3F2NOS. The molecule has 0 fully saturated rings. The summed E-state index contributed by atoms with van der Waals surface area (Å²) in [5, 5.41) is 1.75. The summed E-state index contributed by atoms with van der Waals surface area (Å²) in [7, 11) is 0. The van der Waals surface area contributed by atoms with Gasteiger partial charge in [-0.3, -0.25) is 4.79 Å². The van der Waals surface area contributed by atoms with E-state index < -0.39 is 23.1 Å². The first kappa shape index (κ1) is 9.64. The number of nitrogens with zero attached hydrogens (tertiary/aromatic N) is 1. The Morgan fingerprint density at radius 1 is 1.38 bits per heavy atom. The molecule has 0 atom stereocenters. The minimum atomic E-state index is -1.06. The van der Waals surface area contributed by atoms with E-state index in [0.29, 0.717) is 0 Å². The van der Waals surface area contributed by atoms with Gasteiger partial charge in [0.2, 0.25) is 0 Å². The molecule has 0 bridgehead atoms. The molecule has 0 aliphatic rings. The Hall–Kier alpha value is -1.45. The zero-order chi connectivity index (χ0) is 9.84. The van der Waals surface area contributed by atoms with Crippen LogP contribution in [0.25, 0.3) is 0 Å². The zero-order valence-corrected chi connectivity index (χ0v) is 7.07. The molecule has 1 aromatic carbocycles. The number of isothiocyanates is 1. The van der Waals surface area contributed by atoms with Crippen molar-refractivity contribution in [3.63, 3.8) is 0 Å². The van der Waals surface area contributed by atoms with Crippen molar-refractivity contribution in [3.8, 4) is 0 Å². The van der Waals surface area contributed by atoms with Gasteiger partial charge in [-0.15, -0.1) is 0 Å². The highest BCUT2D eigenvalue weighted by Crippen LogP contribution is 2.12. The molecule has 1 rings (SSSR count). The second kappa shape index (κ2) is 3.98. The van der Waals surface area contributed by atoms with Crippen LogP contribution >= 0.6 is 12.2 Å².